The molecule has 3 rings (SSSR count). The van der Waals surface area contributed by atoms with Gasteiger partial charge in [-0.2, -0.15) is 0 Å². The summed E-state index contributed by atoms with van der Waals surface area (Å²) in [5.41, 5.74) is 7.77. The molecule has 3 heteroatoms. The van der Waals surface area contributed by atoms with Crippen LogP contribution in [-0.4, -0.2) is 37.6 Å². The van der Waals surface area contributed by atoms with Gasteiger partial charge in [0, 0.05) is 31.7 Å². The molecule has 3 N–H and O–H groups in total. The smallest absolute Gasteiger partial charge is 0.0316 e. The van der Waals surface area contributed by atoms with Gasteiger partial charge in [0.25, 0.3) is 0 Å². The van der Waals surface area contributed by atoms with Gasteiger partial charge in [-0.05, 0) is 29.8 Å². The fourth-order valence-electron chi connectivity index (χ4n) is 3.12. The molecule has 1 heterocycles. The lowest BCUT2D eigenvalue weighted by molar-refractivity contribution is 0.182. The van der Waals surface area contributed by atoms with Gasteiger partial charge < -0.3 is 16.0 Å². The van der Waals surface area contributed by atoms with Gasteiger partial charge in [-0.3, -0.25) is 0 Å². The Morgan fingerprint density at radius 3 is 2.90 bits per heavy atom. The molecule has 106 valence electrons. The van der Waals surface area contributed by atoms with Crippen LogP contribution in [0.25, 0.3) is 10.8 Å². The number of hydrogen-bond donors (Lipinski definition) is 2. The normalized spacial score (nSPS) is 22.0. The van der Waals surface area contributed by atoms with Gasteiger partial charge in [0.2, 0.25) is 0 Å². The zero-order valence-electron chi connectivity index (χ0n) is 12.0. The third-order valence-corrected chi connectivity index (χ3v) is 4.39. The summed E-state index contributed by atoms with van der Waals surface area (Å²) in [5.74, 6) is 0. The zero-order valence-corrected chi connectivity index (χ0v) is 12.0. The molecule has 3 nitrogen and oxygen atoms in total. The van der Waals surface area contributed by atoms with Crippen molar-refractivity contribution >= 4 is 10.8 Å². The highest BCUT2D eigenvalue weighted by Gasteiger charge is 2.22. The Balaban J connectivity index is 1.83. The zero-order chi connectivity index (χ0) is 13.9. The second-order valence-electron chi connectivity index (χ2n) is 5.75. The second-order valence-corrected chi connectivity index (χ2v) is 5.75. The first-order valence-electron chi connectivity index (χ1n) is 7.40. The maximum absolute atomic E-state index is 6.50. The minimum absolute atomic E-state index is 0.0912. The van der Waals surface area contributed by atoms with E-state index < -0.39 is 0 Å². The molecule has 2 atom stereocenters. The fourth-order valence-corrected chi connectivity index (χ4v) is 3.12. The van der Waals surface area contributed by atoms with Crippen molar-refractivity contribution in [3.8, 4) is 0 Å². The summed E-state index contributed by atoms with van der Waals surface area (Å²) in [6.45, 7) is 3.22. The molecule has 1 saturated heterocycles. The van der Waals surface area contributed by atoms with Crippen LogP contribution < -0.4 is 11.1 Å². The van der Waals surface area contributed by atoms with Gasteiger partial charge in [-0.1, -0.05) is 42.5 Å². The molecular formula is C17H23N3. The maximum Gasteiger partial charge on any atom is 0.0316 e. The number of nitrogens with zero attached hydrogens (tertiary/aromatic N) is 1. The van der Waals surface area contributed by atoms with Crippen LogP contribution in [0, 0.1) is 0 Å². The standard InChI is InChI=1S/C17H23N3/c1-20-10-9-19-12-14(20)11-17(18)16-8-4-6-13-5-2-3-7-15(13)16/h2-8,14,17,19H,9-12,18H2,1H3. The third-order valence-electron chi connectivity index (χ3n) is 4.39. The highest BCUT2D eigenvalue weighted by Crippen LogP contribution is 2.26. The lowest BCUT2D eigenvalue weighted by atomic mass is 9.94. The SMILES string of the molecule is CN1CCNCC1CC(N)c1cccc2ccccc12. The molecule has 20 heavy (non-hydrogen) atoms. The van der Waals surface area contributed by atoms with Crippen LogP contribution in [0.1, 0.15) is 18.0 Å². The van der Waals surface area contributed by atoms with Crippen LogP contribution in [0.4, 0.5) is 0 Å². The monoisotopic (exact) mass is 269 g/mol. The second kappa shape index (κ2) is 5.92. The van der Waals surface area contributed by atoms with Crippen molar-refractivity contribution in [1.82, 2.24) is 10.2 Å². The molecule has 1 fully saturated rings. The summed E-state index contributed by atoms with van der Waals surface area (Å²) in [4.78, 5) is 2.42. The topological polar surface area (TPSA) is 41.3 Å². The van der Waals surface area contributed by atoms with Crippen LogP contribution in [-0.2, 0) is 0 Å². The number of hydrogen-bond acceptors (Lipinski definition) is 3. The predicted octanol–water partition coefficient (Wildman–Crippen LogP) is 2.13. The summed E-state index contributed by atoms with van der Waals surface area (Å²) < 4.78 is 0. The number of rotatable bonds is 3. The first kappa shape index (κ1) is 13.6. The third kappa shape index (κ3) is 2.70. The quantitative estimate of drug-likeness (QED) is 0.897. The average Bonchev–Trinajstić information content (AvgIpc) is 2.49. The summed E-state index contributed by atoms with van der Waals surface area (Å²) in [6, 6.07) is 15.5. The van der Waals surface area contributed by atoms with Crippen molar-refractivity contribution in [2.45, 2.75) is 18.5 Å². The van der Waals surface area contributed by atoms with Crippen LogP contribution in [0.2, 0.25) is 0 Å². The Hall–Kier alpha value is -1.42. The molecule has 2 aromatic rings. The molecule has 1 aliphatic heterocycles. The number of benzene rings is 2. The Morgan fingerprint density at radius 1 is 1.25 bits per heavy atom. The molecule has 0 saturated carbocycles. The van der Waals surface area contributed by atoms with Crippen molar-refractivity contribution in [1.29, 1.82) is 0 Å². The Morgan fingerprint density at radius 2 is 2.05 bits per heavy atom. The Labute approximate surface area is 120 Å². The van der Waals surface area contributed by atoms with E-state index in [-0.39, 0.29) is 6.04 Å². The summed E-state index contributed by atoms with van der Waals surface area (Å²) in [6.07, 6.45) is 0.998. The number of fused-ring (bicyclic) bond motifs is 1. The minimum Gasteiger partial charge on any atom is -0.324 e. The van der Waals surface area contributed by atoms with Crippen LogP contribution in [0.5, 0.6) is 0 Å². The molecular weight excluding hydrogens is 246 g/mol. The van der Waals surface area contributed by atoms with Crippen molar-refractivity contribution in [2.75, 3.05) is 26.7 Å². The van der Waals surface area contributed by atoms with E-state index in [1.807, 2.05) is 0 Å². The highest BCUT2D eigenvalue weighted by atomic mass is 15.2. The van der Waals surface area contributed by atoms with E-state index in [4.69, 9.17) is 5.73 Å². The predicted molar refractivity (Wildman–Crippen MR) is 84.8 cm³/mol. The number of nitrogens with one attached hydrogen (secondary N) is 1. The molecule has 0 spiro atoms. The van der Waals surface area contributed by atoms with Crippen molar-refractivity contribution in [3.63, 3.8) is 0 Å². The van der Waals surface area contributed by atoms with Crippen LogP contribution in [0.15, 0.2) is 42.5 Å². The van der Waals surface area contributed by atoms with E-state index in [1.165, 1.54) is 16.3 Å². The minimum atomic E-state index is 0.0912. The van der Waals surface area contributed by atoms with Crippen molar-refractivity contribution in [2.24, 2.45) is 5.73 Å². The first-order chi connectivity index (χ1) is 9.75. The van der Waals surface area contributed by atoms with Gasteiger partial charge in [-0.15, -0.1) is 0 Å². The van der Waals surface area contributed by atoms with Crippen molar-refractivity contribution in [3.05, 3.63) is 48.0 Å². The Kier molecular flexibility index (Phi) is 4.01. The van der Waals surface area contributed by atoms with E-state index in [0.717, 1.165) is 26.1 Å². The van der Waals surface area contributed by atoms with Crippen LogP contribution in [0.3, 0.4) is 0 Å². The van der Waals surface area contributed by atoms with Gasteiger partial charge in [0.05, 0.1) is 0 Å². The summed E-state index contributed by atoms with van der Waals surface area (Å²) >= 11 is 0. The molecule has 0 amide bonds. The van der Waals surface area contributed by atoms with E-state index in [0.29, 0.717) is 6.04 Å². The summed E-state index contributed by atoms with van der Waals surface area (Å²) in [7, 11) is 2.20. The number of piperazine rings is 1. The fraction of sp³-hybridized carbons (Fsp3) is 0.412. The lowest BCUT2D eigenvalue weighted by Gasteiger charge is -2.34. The number of nitrogens with two attached hydrogens (primary N) is 1. The summed E-state index contributed by atoms with van der Waals surface area (Å²) in [5, 5.41) is 6.02. The van der Waals surface area contributed by atoms with E-state index in [2.05, 4.69) is 59.7 Å². The first-order valence-corrected chi connectivity index (χ1v) is 7.40. The van der Waals surface area contributed by atoms with Gasteiger partial charge >= 0.3 is 0 Å². The van der Waals surface area contributed by atoms with Crippen LogP contribution >= 0.6 is 0 Å². The van der Waals surface area contributed by atoms with Crippen molar-refractivity contribution < 1.29 is 0 Å². The lowest BCUT2D eigenvalue weighted by Crippen LogP contribution is -2.50. The largest absolute Gasteiger partial charge is 0.324 e. The Bertz CT molecular complexity index is 576. The van der Waals surface area contributed by atoms with E-state index in [1.54, 1.807) is 0 Å². The molecule has 2 unspecified atom stereocenters. The van der Waals surface area contributed by atoms with Gasteiger partial charge in [0.15, 0.2) is 0 Å². The van der Waals surface area contributed by atoms with Gasteiger partial charge in [-0.25, -0.2) is 0 Å². The molecule has 0 bridgehead atoms. The molecule has 0 aliphatic carbocycles. The van der Waals surface area contributed by atoms with E-state index in [9.17, 15) is 0 Å². The molecule has 0 radical (unpaired) electrons. The maximum atomic E-state index is 6.50. The van der Waals surface area contributed by atoms with E-state index >= 15 is 0 Å². The molecule has 2 aromatic carbocycles. The van der Waals surface area contributed by atoms with Gasteiger partial charge in [0.1, 0.15) is 0 Å². The highest BCUT2D eigenvalue weighted by molar-refractivity contribution is 5.86. The number of likely N-dealkylation sites (N-methyl/N-ethyl adjacent to an activating group) is 1. The average molecular weight is 269 g/mol. The molecule has 0 aromatic heterocycles. The molecule has 1 aliphatic rings.